The summed E-state index contributed by atoms with van der Waals surface area (Å²) in [5.41, 5.74) is 9.84. The fraction of sp³-hybridized carbons (Fsp3) is 0.0667. The maximum absolute atomic E-state index is 12.0. The highest BCUT2D eigenvalue weighted by molar-refractivity contribution is 6.00. The summed E-state index contributed by atoms with van der Waals surface area (Å²) in [6.45, 7) is 1.97. The summed E-state index contributed by atoms with van der Waals surface area (Å²) in [5.74, 6) is -0.607. The molecule has 0 unspecified atom stereocenters. The van der Waals surface area contributed by atoms with E-state index in [1.54, 1.807) is 0 Å². The van der Waals surface area contributed by atoms with E-state index in [0.717, 1.165) is 17.2 Å². The molecule has 2 aromatic rings. The summed E-state index contributed by atoms with van der Waals surface area (Å²) in [6.07, 6.45) is 1.48. The molecule has 2 rings (SSSR count). The molecule has 112 valence electrons. The molecule has 0 aromatic heterocycles. The third-order valence-electron chi connectivity index (χ3n) is 2.95. The first-order valence-electron chi connectivity index (χ1n) is 6.41. The minimum absolute atomic E-state index is 0.00950. The van der Waals surface area contributed by atoms with E-state index in [-0.39, 0.29) is 16.9 Å². The van der Waals surface area contributed by atoms with Gasteiger partial charge in [-0.2, -0.15) is 5.10 Å². The minimum atomic E-state index is -0.607. The first-order valence-corrected chi connectivity index (χ1v) is 6.41. The Bertz CT molecular complexity index is 739. The van der Waals surface area contributed by atoms with E-state index in [2.05, 4.69) is 10.5 Å². The predicted molar refractivity (Wildman–Crippen MR) is 83.7 cm³/mol. The van der Waals surface area contributed by atoms with Gasteiger partial charge in [-0.05, 0) is 18.6 Å². The predicted octanol–water partition coefficient (Wildman–Crippen LogP) is 2.25. The number of amides is 1. The molecule has 0 saturated heterocycles. The van der Waals surface area contributed by atoms with Crippen molar-refractivity contribution < 1.29 is 9.72 Å². The highest BCUT2D eigenvalue weighted by Crippen LogP contribution is 2.19. The minimum Gasteiger partial charge on any atom is -0.398 e. The lowest BCUT2D eigenvalue weighted by Gasteiger charge is -2.03. The molecular formula is C15H14N4O3. The van der Waals surface area contributed by atoms with Gasteiger partial charge in [-0.3, -0.25) is 14.9 Å². The number of carbonyl (C=O) groups is 1. The zero-order chi connectivity index (χ0) is 16.1. The molecule has 0 atom stereocenters. The van der Waals surface area contributed by atoms with E-state index in [0.29, 0.717) is 0 Å². The number of hydrogen-bond donors (Lipinski definition) is 2. The van der Waals surface area contributed by atoms with Crippen LogP contribution in [0.5, 0.6) is 0 Å². The first kappa shape index (κ1) is 15.2. The summed E-state index contributed by atoms with van der Waals surface area (Å²) < 4.78 is 0. The lowest BCUT2D eigenvalue weighted by atomic mass is 10.1. The van der Waals surface area contributed by atoms with Crippen molar-refractivity contribution in [3.63, 3.8) is 0 Å². The third-order valence-corrected chi connectivity index (χ3v) is 2.95. The number of hydrogen-bond acceptors (Lipinski definition) is 5. The second-order valence-corrected chi connectivity index (χ2v) is 4.64. The Hall–Kier alpha value is -3.22. The maximum atomic E-state index is 12.0. The standard InChI is InChI=1S/C15H14N4O3/c1-10-2-4-11(5-3-10)9-17-18-15(20)13-8-12(19(21)22)6-7-14(13)16/h2-9H,16H2,1H3,(H,18,20)/b17-9+. The Morgan fingerprint density at radius 1 is 1.27 bits per heavy atom. The summed E-state index contributed by atoms with van der Waals surface area (Å²) >= 11 is 0. The first-order chi connectivity index (χ1) is 10.5. The number of nitro benzene ring substituents is 1. The number of rotatable bonds is 4. The van der Waals surface area contributed by atoms with Gasteiger partial charge in [-0.25, -0.2) is 5.43 Å². The molecule has 0 aliphatic carbocycles. The van der Waals surface area contributed by atoms with Crippen molar-refractivity contribution in [3.05, 3.63) is 69.3 Å². The molecule has 1 amide bonds. The highest BCUT2D eigenvalue weighted by Gasteiger charge is 2.14. The van der Waals surface area contributed by atoms with Crippen LogP contribution >= 0.6 is 0 Å². The number of hydrazone groups is 1. The molecule has 0 spiro atoms. The van der Waals surface area contributed by atoms with Gasteiger partial charge < -0.3 is 5.73 Å². The highest BCUT2D eigenvalue weighted by atomic mass is 16.6. The fourth-order valence-corrected chi connectivity index (χ4v) is 1.73. The van der Waals surface area contributed by atoms with Gasteiger partial charge in [0.05, 0.1) is 16.7 Å². The summed E-state index contributed by atoms with van der Waals surface area (Å²) in [5, 5.41) is 14.5. The molecule has 7 nitrogen and oxygen atoms in total. The maximum Gasteiger partial charge on any atom is 0.273 e. The number of aryl methyl sites for hydroxylation is 1. The molecule has 7 heteroatoms. The van der Waals surface area contributed by atoms with Gasteiger partial charge in [-0.1, -0.05) is 29.8 Å². The number of benzene rings is 2. The van der Waals surface area contributed by atoms with E-state index in [9.17, 15) is 14.9 Å². The Morgan fingerprint density at radius 2 is 1.95 bits per heavy atom. The van der Waals surface area contributed by atoms with Crippen molar-refractivity contribution in [2.45, 2.75) is 6.92 Å². The summed E-state index contributed by atoms with van der Waals surface area (Å²) in [6, 6.07) is 11.2. The molecule has 0 aliphatic heterocycles. The summed E-state index contributed by atoms with van der Waals surface area (Å²) in [4.78, 5) is 22.1. The van der Waals surface area contributed by atoms with Gasteiger partial charge in [0.15, 0.2) is 0 Å². The van der Waals surface area contributed by atoms with Crippen molar-refractivity contribution in [1.82, 2.24) is 5.43 Å². The van der Waals surface area contributed by atoms with E-state index in [4.69, 9.17) is 5.73 Å². The number of anilines is 1. The van der Waals surface area contributed by atoms with Crippen LogP contribution in [0.15, 0.2) is 47.6 Å². The van der Waals surface area contributed by atoms with Crippen LogP contribution in [0.2, 0.25) is 0 Å². The Morgan fingerprint density at radius 3 is 2.59 bits per heavy atom. The number of nitrogens with two attached hydrogens (primary N) is 1. The van der Waals surface area contributed by atoms with Crippen LogP contribution in [0.25, 0.3) is 0 Å². The monoisotopic (exact) mass is 298 g/mol. The van der Waals surface area contributed by atoms with E-state index in [1.165, 1.54) is 18.3 Å². The number of nitrogen functional groups attached to an aromatic ring is 1. The van der Waals surface area contributed by atoms with Crippen LogP contribution < -0.4 is 11.2 Å². The van der Waals surface area contributed by atoms with Crippen molar-refractivity contribution in [1.29, 1.82) is 0 Å². The molecule has 0 saturated carbocycles. The smallest absolute Gasteiger partial charge is 0.273 e. The average molecular weight is 298 g/mol. The molecule has 22 heavy (non-hydrogen) atoms. The number of nitro groups is 1. The van der Waals surface area contributed by atoms with Crippen molar-refractivity contribution in [2.75, 3.05) is 5.73 Å². The molecule has 0 radical (unpaired) electrons. The van der Waals surface area contributed by atoms with Crippen molar-refractivity contribution >= 4 is 23.5 Å². The zero-order valence-corrected chi connectivity index (χ0v) is 11.8. The molecule has 0 heterocycles. The van der Waals surface area contributed by atoms with Crippen LogP contribution in [0.3, 0.4) is 0 Å². The molecule has 0 fully saturated rings. The van der Waals surface area contributed by atoms with Gasteiger partial charge >= 0.3 is 0 Å². The summed E-state index contributed by atoms with van der Waals surface area (Å²) in [7, 11) is 0. The van der Waals surface area contributed by atoms with E-state index < -0.39 is 10.8 Å². The largest absolute Gasteiger partial charge is 0.398 e. The van der Waals surface area contributed by atoms with Crippen molar-refractivity contribution in [2.24, 2.45) is 5.10 Å². The second-order valence-electron chi connectivity index (χ2n) is 4.64. The normalized spacial score (nSPS) is 10.6. The van der Waals surface area contributed by atoms with E-state index >= 15 is 0 Å². The van der Waals surface area contributed by atoms with E-state index in [1.807, 2.05) is 31.2 Å². The van der Waals surface area contributed by atoms with Gasteiger partial charge in [0.1, 0.15) is 0 Å². The molecular weight excluding hydrogens is 284 g/mol. The number of nitrogens with one attached hydrogen (secondary N) is 1. The van der Waals surface area contributed by atoms with Crippen molar-refractivity contribution in [3.8, 4) is 0 Å². The van der Waals surface area contributed by atoms with Gasteiger partial charge in [-0.15, -0.1) is 0 Å². The number of non-ortho nitro benzene ring substituents is 1. The fourth-order valence-electron chi connectivity index (χ4n) is 1.73. The Balaban J connectivity index is 2.10. The van der Waals surface area contributed by atoms with Crippen LogP contribution in [0, 0.1) is 17.0 Å². The van der Waals surface area contributed by atoms with Crippen LogP contribution in [0.1, 0.15) is 21.5 Å². The molecule has 3 N–H and O–H groups in total. The molecule has 0 bridgehead atoms. The topological polar surface area (TPSA) is 111 Å². The van der Waals surface area contributed by atoms with Gasteiger partial charge in [0.25, 0.3) is 11.6 Å². The molecule has 0 aliphatic rings. The average Bonchev–Trinajstić information content (AvgIpc) is 2.49. The van der Waals surface area contributed by atoms with Crippen LogP contribution in [-0.4, -0.2) is 17.0 Å². The zero-order valence-electron chi connectivity index (χ0n) is 11.8. The SMILES string of the molecule is Cc1ccc(/C=N/NC(=O)c2cc([N+](=O)[O-])ccc2N)cc1. The second kappa shape index (κ2) is 6.49. The Kier molecular flexibility index (Phi) is 4.47. The third kappa shape index (κ3) is 3.66. The number of carbonyl (C=O) groups excluding carboxylic acids is 1. The Labute approximate surface area is 126 Å². The quantitative estimate of drug-likeness (QED) is 0.390. The van der Waals surface area contributed by atoms with Crippen LogP contribution in [-0.2, 0) is 0 Å². The number of nitrogens with zero attached hydrogens (tertiary/aromatic N) is 2. The lowest BCUT2D eigenvalue weighted by molar-refractivity contribution is -0.384. The molecule has 2 aromatic carbocycles. The lowest BCUT2D eigenvalue weighted by Crippen LogP contribution is -2.19. The van der Waals surface area contributed by atoms with Crippen LogP contribution in [0.4, 0.5) is 11.4 Å². The van der Waals surface area contributed by atoms with Gasteiger partial charge in [0, 0.05) is 17.8 Å². The van der Waals surface area contributed by atoms with Gasteiger partial charge in [0.2, 0.25) is 0 Å².